The number of amides is 2. The lowest BCUT2D eigenvalue weighted by Gasteiger charge is -2.34. The van der Waals surface area contributed by atoms with E-state index in [2.05, 4.69) is 19.2 Å². The van der Waals surface area contributed by atoms with Crippen molar-refractivity contribution in [3.05, 3.63) is 29.8 Å². The van der Waals surface area contributed by atoms with Crippen molar-refractivity contribution in [1.29, 1.82) is 0 Å². The Morgan fingerprint density at radius 2 is 1.77 bits per heavy atom. The second-order valence-electron chi connectivity index (χ2n) is 6.33. The van der Waals surface area contributed by atoms with Crippen molar-refractivity contribution in [2.45, 2.75) is 26.7 Å². The number of hydrogen-bond donors (Lipinski definition) is 2. The van der Waals surface area contributed by atoms with Crippen LogP contribution >= 0.6 is 0 Å². The van der Waals surface area contributed by atoms with E-state index in [1.54, 1.807) is 29.2 Å². The van der Waals surface area contributed by atoms with Crippen LogP contribution in [0.5, 0.6) is 5.75 Å². The third kappa shape index (κ3) is 4.48. The third-order valence-corrected chi connectivity index (χ3v) is 3.99. The van der Waals surface area contributed by atoms with Gasteiger partial charge in [0.2, 0.25) is 0 Å². The van der Waals surface area contributed by atoms with Crippen LogP contribution in [0.3, 0.4) is 0 Å². The summed E-state index contributed by atoms with van der Waals surface area (Å²) in [5.41, 5.74) is 1.01. The minimum Gasteiger partial charge on any atom is -0.508 e. The zero-order chi connectivity index (χ0) is 16.1. The molecule has 2 N–H and O–H groups in total. The molecule has 1 heterocycles. The quantitative estimate of drug-likeness (QED) is 0.833. The van der Waals surface area contributed by atoms with Gasteiger partial charge in [-0.15, -0.1) is 0 Å². The highest BCUT2D eigenvalue weighted by Gasteiger charge is 2.28. The maximum Gasteiger partial charge on any atom is 0.311 e. The van der Waals surface area contributed by atoms with Gasteiger partial charge in [0.15, 0.2) is 0 Å². The van der Waals surface area contributed by atoms with E-state index < -0.39 is 11.8 Å². The van der Waals surface area contributed by atoms with Crippen LogP contribution in [0.1, 0.15) is 25.8 Å². The number of piperidine rings is 1. The minimum absolute atomic E-state index is 0.219. The third-order valence-electron chi connectivity index (χ3n) is 3.99. The van der Waals surface area contributed by atoms with Crippen LogP contribution in [-0.2, 0) is 16.0 Å². The van der Waals surface area contributed by atoms with Crippen LogP contribution in [0, 0.1) is 11.8 Å². The zero-order valence-corrected chi connectivity index (χ0v) is 13.2. The summed E-state index contributed by atoms with van der Waals surface area (Å²) in [7, 11) is 0. The molecule has 1 fully saturated rings. The molecule has 0 radical (unpaired) electrons. The second-order valence-corrected chi connectivity index (χ2v) is 6.33. The van der Waals surface area contributed by atoms with Gasteiger partial charge in [0, 0.05) is 19.6 Å². The predicted molar refractivity (Wildman–Crippen MR) is 84.3 cm³/mol. The smallest absolute Gasteiger partial charge is 0.311 e. The van der Waals surface area contributed by atoms with E-state index in [4.69, 9.17) is 0 Å². The van der Waals surface area contributed by atoms with Gasteiger partial charge in [-0.1, -0.05) is 26.0 Å². The highest BCUT2D eigenvalue weighted by molar-refractivity contribution is 6.35. The van der Waals surface area contributed by atoms with Crippen molar-refractivity contribution in [2.75, 3.05) is 19.6 Å². The highest BCUT2D eigenvalue weighted by atomic mass is 16.3. The normalized spacial score (nSPS) is 21.5. The molecular weight excluding hydrogens is 280 g/mol. The summed E-state index contributed by atoms with van der Waals surface area (Å²) in [5.74, 6) is 0.149. The molecule has 22 heavy (non-hydrogen) atoms. The highest BCUT2D eigenvalue weighted by Crippen LogP contribution is 2.20. The van der Waals surface area contributed by atoms with E-state index in [0.29, 0.717) is 37.9 Å². The second kappa shape index (κ2) is 7.29. The van der Waals surface area contributed by atoms with Gasteiger partial charge < -0.3 is 15.3 Å². The summed E-state index contributed by atoms with van der Waals surface area (Å²) in [6, 6.07) is 6.83. The Morgan fingerprint density at radius 3 is 2.36 bits per heavy atom. The van der Waals surface area contributed by atoms with Crippen molar-refractivity contribution in [3.8, 4) is 5.75 Å². The fourth-order valence-corrected chi connectivity index (χ4v) is 3.03. The van der Waals surface area contributed by atoms with Gasteiger partial charge in [-0.05, 0) is 42.4 Å². The maximum atomic E-state index is 12.2. The van der Waals surface area contributed by atoms with E-state index in [1.807, 2.05) is 0 Å². The number of hydrogen-bond acceptors (Lipinski definition) is 3. The number of benzene rings is 1. The maximum absolute atomic E-state index is 12.2. The van der Waals surface area contributed by atoms with E-state index in [-0.39, 0.29) is 5.75 Å². The number of nitrogens with zero attached hydrogens (tertiary/aromatic N) is 1. The van der Waals surface area contributed by atoms with Gasteiger partial charge in [0.05, 0.1) is 0 Å². The van der Waals surface area contributed by atoms with Gasteiger partial charge >= 0.3 is 11.8 Å². The number of likely N-dealkylation sites (tertiary alicyclic amines) is 1. The fourth-order valence-electron chi connectivity index (χ4n) is 3.03. The Balaban J connectivity index is 1.79. The van der Waals surface area contributed by atoms with Gasteiger partial charge in [-0.2, -0.15) is 0 Å². The average Bonchev–Trinajstić information content (AvgIpc) is 2.47. The summed E-state index contributed by atoms with van der Waals surface area (Å²) in [4.78, 5) is 25.8. The number of nitrogens with one attached hydrogen (secondary N) is 1. The van der Waals surface area contributed by atoms with Crippen molar-refractivity contribution in [3.63, 3.8) is 0 Å². The Morgan fingerprint density at radius 1 is 1.18 bits per heavy atom. The lowest BCUT2D eigenvalue weighted by Crippen LogP contribution is -2.49. The van der Waals surface area contributed by atoms with Gasteiger partial charge in [-0.25, -0.2) is 0 Å². The molecule has 1 aromatic rings. The van der Waals surface area contributed by atoms with E-state index in [0.717, 1.165) is 12.0 Å². The SMILES string of the molecule is CC1CC(C)CN(C(=O)C(=O)NCCc2ccc(O)cc2)C1. The van der Waals surface area contributed by atoms with E-state index in [9.17, 15) is 14.7 Å². The molecule has 0 aromatic heterocycles. The van der Waals surface area contributed by atoms with Gasteiger partial charge in [0.1, 0.15) is 5.75 Å². The van der Waals surface area contributed by atoms with Crippen molar-refractivity contribution < 1.29 is 14.7 Å². The fraction of sp³-hybridized carbons (Fsp3) is 0.529. The van der Waals surface area contributed by atoms with E-state index in [1.165, 1.54) is 0 Å². The number of phenols is 1. The summed E-state index contributed by atoms with van der Waals surface area (Å²) in [6.45, 7) is 5.95. The predicted octanol–water partition coefficient (Wildman–Crippen LogP) is 1.56. The first-order valence-corrected chi connectivity index (χ1v) is 7.80. The Hall–Kier alpha value is -2.04. The molecule has 120 valence electrons. The summed E-state index contributed by atoms with van der Waals surface area (Å²) >= 11 is 0. The molecule has 0 aliphatic carbocycles. The molecule has 1 aromatic carbocycles. The van der Waals surface area contributed by atoms with E-state index >= 15 is 0 Å². The van der Waals surface area contributed by atoms with Crippen LogP contribution in [0.2, 0.25) is 0 Å². The molecule has 2 amide bonds. The number of aromatic hydroxyl groups is 1. The number of carbonyl (C=O) groups is 2. The topological polar surface area (TPSA) is 69.6 Å². The van der Waals surface area contributed by atoms with Crippen LogP contribution in [0.25, 0.3) is 0 Å². The molecule has 1 aliphatic heterocycles. The monoisotopic (exact) mass is 304 g/mol. The molecule has 0 saturated carbocycles. The number of carbonyl (C=O) groups excluding carboxylic acids is 2. The molecule has 2 unspecified atom stereocenters. The molecule has 2 rings (SSSR count). The minimum atomic E-state index is -0.528. The molecule has 2 atom stereocenters. The molecule has 0 bridgehead atoms. The Kier molecular flexibility index (Phi) is 5.41. The average molecular weight is 304 g/mol. The molecule has 1 aliphatic rings. The first-order valence-electron chi connectivity index (χ1n) is 7.80. The molecule has 1 saturated heterocycles. The van der Waals surface area contributed by atoms with Crippen LogP contribution in [0.15, 0.2) is 24.3 Å². The Labute approximate surface area is 131 Å². The largest absolute Gasteiger partial charge is 0.508 e. The van der Waals surface area contributed by atoms with Gasteiger partial charge in [-0.3, -0.25) is 9.59 Å². The van der Waals surface area contributed by atoms with Crippen LogP contribution in [-0.4, -0.2) is 41.5 Å². The first kappa shape index (κ1) is 16.3. The summed E-state index contributed by atoms with van der Waals surface area (Å²) in [5, 5.41) is 11.9. The molecule has 0 spiro atoms. The number of phenolic OH excluding ortho intramolecular Hbond substituents is 1. The Bertz CT molecular complexity index is 517. The number of rotatable bonds is 3. The lowest BCUT2D eigenvalue weighted by molar-refractivity contribution is -0.147. The van der Waals surface area contributed by atoms with Crippen molar-refractivity contribution >= 4 is 11.8 Å². The zero-order valence-electron chi connectivity index (χ0n) is 13.2. The van der Waals surface area contributed by atoms with Gasteiger partial charge in [0.25, 0.3) is 0 Å². The molecule has 5 nitrogen and oxygen atoms in total. The molecular formula is C17H24N2O3. The summed E-state index contributed by atoms with van der Waals surface area (Å²) < 4.78 is 0. The summed E-state index contributed by atoms with van der Waals surface area (Å²) in [6.07, 6.45) is 1.73. The molecule has 5 heteroatoms. The lowest BCUT2D eigenvalue weighted by atomic mass is 9.92. The van der Waals surface area contributed by atoms with Crippen LogP contribution in [0.4, 0.5) is 0 Å². The van der Waals surface area contributed by atoms with Crippen molar-refractivity contribution in [2.24, 2.45) is 11.8 Å². The van der Waals surface area contributed by atoms with Crippen LogP contribution < -0.4 is 5.32 Å². The van der Waals surface area contributed by atoms with Crippen molar-refractivity contribution in [1.82, 2.24) is 10.2 Å². The standard InChI is InChI=1S/C17H24N2O3/c1-12-9-13(2)11-19(10-12)17(22)16(21)18-8-7-14-3-5-15(20)6-4-14/h3-6,12-13,20H,7-11H2,1-2H3,(H,18,21). The first-order chi connectivity index (χ1) is 10.5.